The molecule has 0 saturated carbocycles. The van der Waals surface area contributed by atoms with E-state index in [0.29, 0.717) is 24.2 Å². The lowest BCUT2D eigenvalue weighted by atomic mass is 10.0. The van der Waals surface area contributed by atoms with E-state index in [4.69, 9.17) is 9.26 Å². The van der Waals surface area contributed by atoms with Crippen LogP contribution in [0.5, 0.6) is 5.75 Å². The van der Waals surface area contributed by atoms with E-state index in [0.717, 1.165) is 62.3 Å². The van der Waals surface area contributed by atoms with Crippen molar-refractivity contribution in [3.8, 4) is 17.1 Å². The first-order chi connectivity index (χ1) is 16.1. The minimum absolute atomic E-state index is 0.0770. The number of ether oxygens (including phenoxy) is 1. The summed E-state index contributed by atoms with van der Waals surface area (Å²) in [5, 5.41) is 4.04. The molecule has 0 aliphatic carbocycles. The zero-order chi connectivity index (χ0) is 23.0. The first-order valence-electron chi connectivity index (χ1n) is 11.7. The molecule has 174 valence electrons. The Morgan fingerprint density at radius 2 is 1.88 bits per heavy atom. The summed E-state index contributed by atoms with van der Waals surface area (Å²) >= 11 is 0. The number of carbonyl (C=O) groups is 1. The van der Waals surface area contributed by atoms with Crippen molar-refractivity contribution in [2.24, 2.45) is 5.92 Å². The Balaban J connectivity index is 1.17. The third-order valence-corrected chi connectivity index (χ3v) is 5.89. The molecular weight excluding hydrogens is 418 g/mol. The molecule has 0 bridgehead atoms. The molecule has 8 heteroatoms. The van der Waals surface area contributed by atoms with Gasteiger partial charge in [-0.1, -0.05) is 19.0 Å². The van der Waals surface area contributed by atoms with Crippen molar-refractivity contribution in [2.45, 2.75) is 39.5 Å². The highest BCUT2D eigenvalue weighted by atomic mass is 16.5. The predicted molar refractivity (Wildman–Crippen MR) is 126 cm³/mol. The molecule has 1 fully saturated rings. The van der Waals surface area contributed by atoms with Gasteiger partial charge in [0.25, 0.3) is 0 Å². The maximum absolute atomic E-state index is 12.7. The normalized spacial score (nSPS) is 14.7. The number of carbonyl (C=O) groups excluding carboxylic acids is 1. The highest BCUT2D eigenvalue weighted by Crippen LogP contribution is 2.22. The van der Waals surface area contributed by atoms with Gasteiger partial charge in [0.2, 0.25) is 11.7 Å². The molecule has 3 aromatic rings. The number of nitrogens with zero attached hydrogens (tertiary/aromatic N) is 5. The molecule has 1 aliphatic heterocycles. The fraction of sp³-hybridized carbons (Fsp3) is 0.440. The van der Waals surface area contributed by atoms with Gasteiger partial charge in [-0.15, -0.1) is 0 Å². The van der Waals surface area contributed by atoms with Crippen LogP contribution in [0.2, 0.25) is 0 Å². The quantitative estimate of drug-likeness (QED) is 0.417. The van der Waals surface area contributed by atoms with Crippen LogP contribution in [0.25, 0.3) is 11.4 Å². The standard InChI is InChI=1S/C25H31N5O3/c1-3-4-23-27-24(28-33-23)20-5-7-22(8-6-20)32-18-12-19(2)11-15-29-16-17-30(25(29)31)21-9-13-26-14-10-21/h5-10,13-14,19H,3-4,11-12,15-18H2,1-2H3. The molecule has 33 heavy (non-hydrogen) atoms. The zero-order valence-corrected chi connectivity index (χ0v) is 19.3. The lowest BCUT2D eigenvalue weighted by Crippen LogP contribution is -2.33. The second kappa shape index (κ2) is 10.9. The molecule has 0 N–H and O–H groups in total. The van der Waals surface area contributed by atoms with Crippen LogP contribution in [-0.4, -0.2) is 52.3 Å². The number of aryl methyl sites for hydroxylation is 1. The number of anilines is 1. The first-order valence-corrected chi connectivity index (χ1v) is 11.7. The lowest BCUT2D eigenvalue weighted by molar-refractivity contribution is 0.214. The van der Waals surface area contributed by atoms with Crippen LogP contribution < -0.4 is 9.64 Å². The summed E-state index contributed by atoms with van der Waals surface area (Å²) in [6.07, 6.45) is 7.09. The van der Waals surface area contributed by atoms with Crippen LogP contribution in [0.15, 0.2) is 53.3 Å². The Morgan fingerprint density at radius 3 is 2.64 bits per heavy atom. The molecule has 8 nitrogen and oxygen atoms in total. The van der Waals surface area contributed by atoms with E-state index in [1.54, 1.807) is 12.4 Å². The van der Waals surface area contributed by atoms with Crippen molar-refractivity contribution in [1.29, 1.82) is 0 Å². The third kappa shape index (κ3) is 5.88. The smallest absolute Gasteiger partial charge is 0.324 e. The van der Waals surface area contributed by atoms with E-state index in [-0.39, 0.29) is 6.03 Å². The molecule has 1 atom stereocenters. The van der Waals surface area contributed by atoms with E-state index < -0.39 is 0 Å². The van der Waals surface area contributed by atoms with Crippen LogP contribution in [0.1, 0.15) is 39.0 Å². The largest absolute Gasteiger partial charge is 0.494 e. The van der Waals surface area contributed by atoms with Gasteiger partial charge in [0.05, 0.1) is 6.61 Å². The van der Waals surface area contributed by atoms with Crippen molar-refractivity contribution in [1.82, 2.24) is 20.0 Å². The molecular formula is C25H31N5O3. The van der Waals surface area contributed by atoms with Crippen molar-refractivity contribution in [2.75, 3.05) is 31.1 Å². The molecule has 4 rings (SSSR count). The monoisotopic (exact) mass is 449 g/mol. The number of benzene rings is 1. The molecule has 1 aliphatic rings. The van der Waals surface area contributed by atoms with Gasteiger partial charge in [0.15, 0.2) is 0 Å². The summed E-state index contributed by atoms with van der Waals surface area (Å²) in [5.41, 5.74) is 1.82. The van der Waals surface area contributed by atoms with Gasteiger partial charge in [-0.2, -0.15) is 4.98 Å². The average Bonchev–Trinajstić information content (AvgIpc) is 3.46. The van der Waals surface area contributed by atoms with Gasteiger partial charge < -0.3 is 14.2 Å². The van der Waals surface area contributed by atoms with Crippen molar-refractivity contribution in [3.05, 3.63) is 54.7 Å². The van der Waals surface area contributed by atoms with Gasteiger partial charge in [0, 0.05) is 49.7 Å². The van der Waals surface area contributed by atoms with Crippen LogP contribution >= 0.6 is 0 Å². The summed E-state index contributed by atoms with van der Waals surface area (Å²) in [5.74, 6) is 2.56. The van der Waals surface area contributed by atoms with Crippen molar-refractivity contribution < 1.29 is 14.1 Å². The van der Waals surface area contributed by atoms with E-state index in [1.165, 1.54) is 0 Å². The number of amides is 2. The summed E-state index contributed by atoms with van der Waals surface area (Å²) in [4.78, 5) is 24.9. The van der Waals surface area contributed by atoms with Gasteiger partial charge >= 0.3 is 6.03 Å². The van der Waals surface area contributed by atoms with E-state index >= 15 is 0 Å². The Hall–Kier alpha value is -3.42. The third-order valence-electron chi connectivity index (χ3n) is 5.89. The van der Waals surface area contributed by atoms with Gasteiger partial charge in [-0.25, -0.2) is 4.79 Å². The number of hydrogen-bond acceptors (Lipinski definition) is 6. The minimum Gasteiger partial charge on any atom is -0.494 e. The van der Waals surface area contributed by atoms with Crippen molar-refractivity contribution in [3.63, 3.8) is 0 Å². The predicted octanol–water partition coefficient (Wildman–Crippen LogP) is 4.82. The topological polar surface area (TPSA) is 84.6 Å². The van der Waals surface area contributed by atoms with Crippen molar-refractivity contribution >= 4 is 11.7 Å². The van der Waals surface area contributed by atoms with Crippen LogP contribution in [0.4, 0.5) is 10.5 Å². The lowest BCUT2D eigenvalue weighted by Gasteiger charge is -2.20. The Kier molecular flexibility index (Phi) is 7.55. The Morgan fingerprint density at radius 1 is 1.09 bits per heavy atom. The maximum Gasteiger partial charge on any atom is 0.324 e. The summed E-state index contributed by atoms with van der Waals surface area (Å²) in [7, 11) is 0. The highest BCUT2D eigenvalue weighted by molar-refractivity contribution is 5.93. The second-order valence-electron chi connectivity index (χ2n) is 8.44. The first kappa shape index (κ1) is 22.8. The molecule has 0 spiro atoms. The minimum atomic E-state index is 0.0770. The molecule has 1 aromatic carbocycles. The molecule has 1 saturated heterocycles. The van der Waals surface area contributed by atoms with Crippen LogP contribution in [0, 0.1) is 5.92 Å². The van der Waals surface area contributed by atoms with Gasteiger partial charge in [-0.3, -0.25) is 9.88 Å². The van der Waals surface area contributed by atoms with Crippen LogP contribution in [0.3, 0.4) is 0 Å². The SMILES string of the molecule is CCCc1nc(-c2ccc(OCCC(C)CCN3CCN(c4ccncc4)C3=O)cc2)no1. The molecule has 3 heterocycles. The number of pyridine rings is 1. The van der Waals surface area contributed by atoms with Gasteiger partial charge in [-0.05, 0) is 61.6 Å². The Labute approximate surface area is 194 Å². The molecule has 2 aromatic heterocycles. The number of aromatic nitrogens is 3. The summed E-state index contributed by atoms with van der Waals surface area (Å²) in [6.45, 7) is 7.18. The number of rotatable bonds is 11. The fourth-order valence-corrected chi connectivity index (χ4v) is 3.84. The molecule has 1 unspecified atom stereocenters. The second-order valence-corrected chi connectivity index (χ2v) is 8.44. The number of hydrogen-bond donors (Lipinski definition) is 0. The average molecular weight is 450 g/mol. The molecule has 2 amide bonds. The Bertz CT molecular complexity index is 1020. The maximum atomic E-state index is 12.7. The van der Waals surface area contributed by atoms with Gasteiger partial charge in [0.1, 0.15) is 5.75 Å². The number of urea groups is 1. The van der Waals surface area contributed by atoms with Crippen LogP contribution in [-0.2, 0) is 6.42 Å². The van der Waals surface area contributed by atoms with E-state index in [9.17, 15) is 4.79 Å². The fourth-order valence-electron chi connectivity index (χ4n) is 3.84. The van der Waals surface area contributed by atoms with E-state index in [2.05, 4.69) is 29.0 Å². The summed E-state index contributed by atoms with van der Waals surface area (Å²) in [6, 6.07) is 11.6. The van der Waals surface area contributed by atoms with E-state index in [1.807, 2.05) is 46.2 Å². The highest BCUT2D eigenvalue weighted by Gasteiger charge is 2.29. The zero-order valence-electron chi connectivity index (χ0n) is 19.3. The molecule has 0 radical (unpaired) electrons. The summed E-state index contributed by atoms with van der Waals surface area (Å²) < 4.78 is 11.2.